The minimum atomic E-state index is -1.72. The Kier molecular flexibility index (Phi) is 15.6. The molecule has 1 aromatic heterocycles. The first-order chi connectivity index (χ1) is 44.0. The van der Waals surface area contributed by atoms with Gasteiger partial charge in [0.05, 0.1) is 25.7 Å². The maximum absolute atomic E-state index is 6.51. The van der Waals surface area contributed by atoms with Crippen LogP contribution in [0.3, 0.4) is 0 Å². The fraction of sp³-hybridized carbons (Fsp3) is 0.116. The Hall–Kier alpha value is -10.3. The molecular weight excluding hydrogens is 1110 g/mol. The molecule has 0 N–H and O–H groups in total. The van der Waals surface area contributed by atoms with Gasteiger partial charge in [0.25, 0.3) is 0 Å². The molecule has 1 heterocycles. The summed E-state index contributed by atoms with van der Waals surface area (Å²) in [7, 11) is -1.72. The third kappa shape index (κ3) is 11.0. The molecule has 1 unspecified atom stereocenters. The van der Waals surface area contributed by atoms with Crippen molar-refractivity contribution in [3.05, 3.63) is 331 Å². The summed E-state index contributed by atoms with van der Waals surface area (Å²) in [5, 5.41) is 2.44. The van der Waals surface area contributed by atoms with Gasteiger partial charge in [-0.15, -0.1) is 0 Å². The van der Waals surface area contributed by atoms with Crippen LogP contribution < -0.4 is 9.64 Å². The molecule has 1 atom stereocenters. The van der Waals surface area contributed by atoms with Gasteiger partial charge in [0, 0.05) is 38.9 Å². The lowest BCUT2D eigenvalue weighted by molar-refractivity contribution is 0.338. The van der Waals surface area contributed by atoms with Crippen LogP contribution in [0.25, 0.3) is 95.3 Å². The van der Waals surface area contributed by atoms with E-state index in [-0.39, 0.29) is 5.41 Å². The molecule has 1 aliphatic carbocycles. The largest absolute Gasteiger partial charge is 0.494 e. The lowest BCUT2D eigenvalue weighted by Gasteiger charge is -2.36. The highest BCUT2D eigenvalue weighted by Gasteiger charge is 2.46. The van der Waals surface area contributed by atoms with E-state index in [9.17, 15) is 0 Å². The van der Waals surface area contributed by atoms with E-state index >= 15 is 0 Å². The first-order valence-electron chi connectivity index (χ1n) is 31.7. The standard InChI is InChI=1S/C86H74N2OSi/c1-7-62-26-30-65(31-27-62)67-38-47-76(48-39-67)89-53-55-90(5,6)54-17-52-86(82-56-60(3)24-25-61(82)4)81-23-16-15-22-77(81)78-49-46-75(59-83(78)86)87(73-42-34-66(35-43-73)64-18-11-9-12-19-64)74-44-36-69(37-45-74)71-41-51-85-80(58-71)79-57-70(68-32-28-63(8-2)29-33-68)40-50-84(79)88(85)72-20-13-10-14-21-72/h7-16,18-51,56-59H,1-2,17,52-55H2,3-6H3. The minimum Gasteiger partial charge on any atom is -0.494 e. The quantitative estimate of drug-likeness (QED) is 0.0751. The molecule has 0 bridgehead atoms. The number of fused-ring (bicyclic) bond motifs is 6. The van der Waals surface area contributed by atoms with Gasteiger partial charge in [-0.25, -0.2) is 0 Å². The molecule has 0 fully saturated rings. The van der Waals surface area contributed by atoms with Crippen molar-refractivity contribution >= 4 is 59.1 Å². The SMILES string of the molecule is C=Cc1ccc(-c2ccc(OCC[Si](C)(C)CCCC3(c4cc(C)ccc4C)c4ccccc4-c4ccc(N(c5ccc(-c6ccccc6)cc5)c5ccc(-c6ccc7c(c6)c6cc(-c8ccc(C=C)cc8)ccc6n7-c6ccccc6)cc5)cc43)cc2)cc1. The van der Waals surface area contributed by atoms with E-state index in [1.54, 1.807) is 0 Å². The first-order valence-corrected chi connectivity index (χ1v) is 35.2. The maximum Gasteiger partial charge on any atom is 0.119 e. The van der Waals surface area contributed by atoms with E-state index in [1.165, 1.54) is 106 Å². The molecule has 90 heavy (non-hydrogen) atoms. The van der Waals surface area contributed by atoms with Gasteiger partial charge in [0.1, 0.15) is 5.75 Å². The molecular formula is C86H74N2OSi. The van der Waals surface area contributed by atoms with E-state index < -0.39 is 8.07 Å². The normalized spacial score (nSPS) is 13.5. The molecule has 0 radical (unpaired) electrons. The molecule has 0 spiro atoms. The zero-order chi connectivity index (χ0) is 61.3. The Morgan fingerprint density at radius 1 is 0.422 bits per heavy atom. The first kappa shape index (κ1) is 57.5. The van der Waals surface area contributed by atoms with Gasteiger partial charge in [-0.2, -0.15) is 0 Å². The summed E-state index contributed by atoms with van der Waals surface area (Å²) in [6.45, 7) is 18.3. The van der Waals surface area contributed by atoms with Crippen LogP contribution in [-0.2, 0) is 5.41 Å². The van der Waals surface area contributed by atoms with Crippen molar-refractivity contribution in [3.63, 3.8) is 0 Å². The third-order valence-electron chi connectivity index (χ3n) is 19.0. The summed E-state index contributed by atoms with van der Waals surface area (Å²) in [6, 6.07) is 105. The summed E-state index contributed by atoms with van der Waals surface area (Å²) in [5.41, 5.74) is 27.6. The molecule has 438 valence electrons. The van der Waals surface area contributed by atoms with Crippen LogP contribution in [0.1, 0.15) is 51.8 Å². The van der Waals surface area contributed by atoms with Crippen molar-refractivity contribution in [2.75, 3.05) is 11.5 Å². The fourth-order valence-electron chi connectivity index (χ4n) is 14.1. The van der Waals surface area contributed by atoms with Crippen molar-refractivity contribution in [2.24, 2.45) is 0 Å². The Morgan fingerprint density at radius 3 is 1.48 bits per heavy atom. The molecule has 1 aliphatic rings. The minimum absolute atomic E-state index is 0.376. The zero-order valence-electron chi connectivity index (χ0n) is 52.0. The van der Waals surface area contributed by atoms with Crippen molar-refractivity contribution in [2.45, 2.75) is 57.3 Å². The summed E-state index contributed by atoms with van der Waals surface area (Å²) in [4.78, 5) is 2.47. The van der Waals surface area contributed by atoms with E-state index in [2.05, 4.69) is 329 Å². The predicted molar refractivity (Wildman–Crippen MR) is 387 cm³/mol. The topological polar surface area (TPSA) is 17.4 Å². The van der Waals surface area contributed by atoms with Crippen LogP contribution in [0.15, 0.2) is 292 Å². The van der Waals surface area contributed by atoms with Crippen LogP contribution in [0.5, 0.6) is 5.75 Å². The van der Waals surface area contributed by atoms with Gasteiger partial charge in [-0.3, -0.25) is 0 Å². The molecule has 3 nitrogen and oxygen atoms in total. The number of hydrogen-bond donors (Lipinski definition) is 0. The fourth-order valence-corrected chi connectivity index (χ4v) is 16.1. The second-order valence-corrected chi connectivity index (χ2v) is 30.6. The maximum atomic E-state index is 6.51. The third-order valence-corrected chi connectivity index (χ3v) is 22.3. The summed E-state index contributed by atoms with van der Waals surface area (Å²) in [5.74, 6) is 0.926. The average molecular weight is 1180 g/mol. The summed E-state index contributed by atoms with van der Waals surface area (Å²) >= 11 is 0. The number of aromatic nitrogens is 1. The Morgan fingerprint density at radius 2 is 0.900 bits per heavy atom. The molecule has 4 heteroatoms. The number of para-hydroxylation sites is 1. The number of nitrogens with zero attached hydrogens (tertiary/aromatic N) is 2. The highest BCUT2D eigenvalue weighted by atomic mass is 28.3. The smallest absolute Gasteiger partial charge is 0.119 e. The van der Waals surface area contributed by atoms with Crippen molar-refractivity contribution in [3.8, 4) is 67.1 Å². The molecule has 0 amide bonds. The number of anilines is 3. The van der Waals surface area contributed by atoms with Crippen LogP contribution in [0, 0.1) is 13.8 Å². The monoisotopic (exact) mass is 1180 g/mol. The van der Waals surface area contributed by atoms with Gasteiger partial charge in [-0.05, 0) is 200 Å². The number of hydrogen-bond acceptors (Lipinski definition) is 2. The van der Waals surface area contributed by atoms with Gasteiger partial charge < -0.3 is 14.2 Å². The second kappa shape index (κ2) is 24.4. The van der Waals surface area contributed by atoms with Crippen LogP contribution in [-0.4, -0.2) is 19.2 Å². The lowest BCUT2D eigenvalue weighted by Crippen LogP contribution is -2.31. The van der Waals surface area contributed by atoms with Gasteiger partial charge >= 0.3 is 0 Å². The number of aryl methyl sites for hydroxylation is 2. The molecule has 0 saturated heterocycles. The summed E-state index contributed by atoms with van der Waals surface area (Å²) < 4.78 is 8.91. The van der Waals surface area contributed by atoms with Gasteiger partial charge in [0.15, 0.2) is 0 Å². The van der Waals surface area contributed by atoms with Gasteiger partial charge in [-0.1, -0.05) is 251 Å². The molecule has 0 aliphatic heterocycles. The predicted octanol–water partition coefficient (Wildman–Crippen LogP) is 23.7. The van der Waals surface area contributed by atoms with Crippen LogP contribution >= 0.6 is 0 Å². The van der Waals surface area contributed by atoms with E-state index in [0.29, 0.717) is 0 Å². The highest BCUT2D eigenvalue weighted by Crippen LogP contribution is 2.57. The van der Waals surface area contributed by atoms with E-state index in [4.69, 9.17) is 4.74 Å². The van der Waals surface area contributed by atoms with Crippen LogP contribution in [0.2, 0.25) is 25.2 Å². The average Bonchev–Trinajstić information content (AvgIpc) is 1.55. The van der Waals surface area contributed by atoms with Crippen LogP contribution in [0.4, 0.5) is 17.1 Å². The lowest BCUT2D eigenvalue weighted by atomic mass is 9.68. The van der Waals surface area contributed by atoms with Crippen molar-refractivity contribution in [1.82, 2.24) is 4.57 Å². The highest BCUT2D eigenvalue weighted by molar-refractivity contribution is 6.77. The van der Waals surface area contributed by atoms with E-state index in [0.717, 1.165) is 70.7 Å². The number of benzene rings is 12. The summed E-state index contributed by atoms with van der Waals surface area (Å²) in [6.07, 6.45) is 5.87. The zero-order valence-corrected chi connectivity index (χ0v) is 53.0. The van der Waals surface area contributed by atoms with Gasteiger partial charge in [0.2, 0.25) is 0 Å². The Balaban J connectivity index is 0.818. The molecule has 14 rings (SSSR count). The molecule has 13 aromatic rings. The van der Waals surface area contributed by atoms with E-state index in [1.807, 2.05) is 12.2 Å². The second-order valence-electron chi connectivity index (χ2n) is 25.2. The Labute approximate surface area is 532 Å². The molecule has 0 saturated carbocycles. The molecule has 12 aromatic carbocycles. The number of ether oxygens (including phenoxy) is 1. The Bertz CT molecular complexity index is 4750. The van der Waals surface area contributed by atoms with Crippen molar-refractivity contribution in [1.29, 1.82) is 0 Å². The number of rotatable bonds is 19. The van der Waals surface area contributed by atoms with Crippen molar-refractivity contribution < 1.29 is 4.74 Å².